The Kier molecular flexibility index (Phi) is 3.80. The lowest BCUT2D eigenvalue weighted by Crippen LogP contribution is -2.40. The average molecular weight is 286 g/mol. The lowest BCUT2D eigenvalue weighted by molar-refractivity contribution is 0.0913. The van der Waals surface area contributed by atoms with Crippen molar-refractivity contribution in [1.82, 2.24) is 15.1 Å². The summed E-state index contributed by atoms with van der Waals surface area (Å²) in [5, 5.41) is 6.99. The van der Waals surface area contributed by atoms with Gasteiger partial charge < -0.3 is 11.1 Å². The molecule has 3 N–H and O–H groups in total. The fourth-order valence-electron chi connectivity index (χ4n) is 1.84. The van der Waals surface area contributed by atoms with Crippen LogP contribution in [0.15, 0.2) is 36.4 Å². The van der Waals surface area contributed by atoms with E-state index < -0.39 is 5.91 Å². The molecule has 0 saturated carbocycles. The van der Waals surface area contributed by atoms with Crippen molar-refractivity contribution < 1.29 is 9.59 Å². The molecule has 1 aromatic heterocycles. The lowest BCUT2D eigenvalue weighted by atomic mass is 10.1. The van der Waals surface area contributed by atoms with E-state index in [-0.39, 0.29) is 22.8 Å². The van der Waals surface area contributed by atoms with Gasteiger partial charge in [0.2, 0.25) is 0 Å². The van der Waals surface area contributed by atoms with E-state index in [1.54, 1.807) is 12.1 Å². The molecule has 0 aliphatic rings. The second kappa shape index (κ2) is 5.40. The van der Waals surface area contributed by atoms with Gasteiger partial charge in [-0.05, 0) is 32.9 Å². The molecular formula is C15H18N4O2. The molecule has 110 valence electrons. The molecule has 0 atom stereocenters. The topological polar surface area (TPSA) is 90.0 Å². The molecule has 0 radical (unpaired) electrons. The van der Waals surface area contributed by atoms with Crippen molar-refractivity contribution in [3.05, 3.63) is 47.8 Å². The molecule has 0 fully saturated rings. The minimum atomic E-state index is -0.638. The zero-order valence-corrected chi connectivity index (χ0v) is 12.3. The first-order valence-corrected chi connectivity index (χ1v) is 6.56. The maximum atomic E-state index is 12.1. The Morgan fingerprint density at radius 3 is 2.33 bits per heavy atom. The summed E-state index contributed by atoms with van der Waals surface area (Å²) in [5.41, 5.74) is 5.96. The number of nitrogens with zero attached hydrogens (tertiary/aromatic N) is 2. The number of carbonyl (C=O) groups is 2. The van der Waals surface area contributed by atoms with Crippen LogP contribution in [-0.4, -0.2) is 27.1 Å². The summed E-state index contributed by atoms with van der Waals surface area (Å²) in [6.45, 7) is 5.61. The quantitative estimate of drug-likeness (QED) is 0.896. The van der Waals surface area contributed by atoms with Crippen molar-refractivity contribution in [3.8, 4) is 5.69 Å². The van der Waals surface area contributed by atoms with Crippen LogP contribution in [0.3, 0.4) is 0 Å². The molecule has 0 spiro atoms. The van der Waals surface area contributed by atoms with Gasteiger partial charge in [-0.1, -0.05) is 18.2 Å². The molecule has 0 aliphatic heterocycles. The molecule has 2 aromatic rings. The zero-order valence-electron chi connectivity index (χ0n) is 12.3. The highest BCUT2D eigenvalue weighted by atomic mass is 16.2. The highest BCUT2D eigenvalue weighted by Crippen LogP contribution is 2.13. The van der Waals surface area contributed by atoms with Gasteiger partial charge in [0.15, 0.2) is 5.69 Å². The third kappa shape index (κ3) is 3.47. The van der Waals surface area contributed by atoms with Crippen LogP contribution in [0.5, 0.6) is 0 Å². The SMILES string of the molecule is CC(C)(C)NC(=O)c1cc(C(N)=O)n(-c2ccccc2)n1. The number of benzene rings is 1. The van der Waals surface area contributed by atoms with Gasteiger partial charge in [-0.25, -0.2) is 4.68 Å². The second-order valence-corrected chi connectivity index (χ2v) is 5.73. The molecule has 2 rings (SSSR count). The van der Waals surface area contributed by atoms with E-state index in [2.05, 4.69) is 10.4 Å². The van der Waals surface area contributed by atoms with Crippen LogP contribution in [0.4, 0.5) is 0 Å². The van der Waals surface area contributed by atoms with Crippen molar-refractivity contribution in [2.45, 2.75) is 26.3 Å². The summed E-state index contributed by atoms with van der Waals surface area (Å²) in [5.74, 6) is -0.985. The molecule has 6 heteroatoms. The number of hydrogen-bond acceptors (Lipinski definition) is 3. The molecular weight excluding hydrogens is 268 g/mol. The normalized spacial score (nSPS) is 11.2. The molecule has 2 amide bonds. The van der Waals surface area contributed by atoms with Crippen LogP contribution in [0, 0.1) is 0 Å². The molecule has 1 heterocycles. The summed E-state index contributed by atoms with van der Waals surface area (Å²) in [6.07, 6.45) is 0. The molecule has 0 aliphatic carbocycles. The van der Waals surface area contributed by atoms with Crippen molar-refractivity contribution in [2.24, 2.45) is 5.73 Å². The summed E-state index contributed by atoms with van der Waals surface area (Å²) in [7, 11) is 0. The van der Waals surface area contributed by atoms with Gasteiger partial charge in [0.05, 0.1) is 5.69 Å². The maximum absolute atomic E-state index is 12.1. The van der Waals surface area contributed by atoms with Crippen LogP contribution in [0.2, 0.25) is 0 Å². The zero-order chi connectivity index (χ0) is 15.6. The molecule has 21 heavy (non-hydrogen) atoms. The van der Waals surface area contributed by atoms with E-state index in [9.17, 15) is 9.59 Å². The predicted octanol–water partition coefficient (Wildman–Crippen LogP) is 1.50. The first kappa shape index (κ1) is 14.8. The number of hydrogen-bond donors (Lipinski definition) is 2. The first-order chi connectivity index (χ1) is 9.78. The van der Waals surface area contributed by atoms with Crippen LogP contribution in [0.25, 0.3) is 5.69 Å². The highest BCUT2D eigenvalue weighted by molar-refractivity contribution is 5.97. The van der Waals surface area contributed by atoms with Gasteiger partial charge >= 0.3 is 0 Å². The lowest BCUT2D eigenvalue weighted by Gasteiger charge is -2.19. The Hall–Kier alpha value is -2.63. The van der Waals surface area contributed by atoms with Crippen LogP contribution >= 0.6 is 0 Å². The molecule has 6 nitrogen and oxygen atoms in total. The van der Waals surface area contributed by atoms with Gasteiger partial charge in [-0.2, -0.15) is 5.10 Å². The van der Waals surface area contributed by atoms with E-state index in [0.717, 1.165) is 0 Å². The summed E-state index contributed by atoms with van der Waals surface area (Å²) in [6, 6.07) is 10.4. The number of aromatic nitrogens is 2. The van der Waals surface area contributed by atoms with Gasteiger partial charge in [0, 0.05) is 11.6 Å². The van der Waals surface area contributed by atoms with Crippen molar-refractivity contribution in [1.29, 1.82) is 0 Å². The van der Waals surface area contributed by atoms with Crippen molar-refractivity contribution >= 4 is 11.8 Å². The number of para-hydroxylation sites is 1. The van der Waals surface area contributed by atoms with Gasteiger partial charge in [0.1, 0.15) is 5.69 Å². The Labute approximate surface area is 122 Å². The van der Waals surface area contributed by atoms with Crippen molar-refractivity contribution in [2.75, 3.05) is 0 Å². The monoisotopic (exact) mass is 286 g/mol. The summed E-state index contributed by atoms with van der Waals surface area (Å²) < 4.78 is 1.37. The molecule has 0 bridgehead atoms. The number of nitrogens with two attached hydrogens (primary N) is 1. The number of nitrogens with one attached hydrogen (secondary N) is 1. The van der Waals surface area contributed by atoms with E-state index >= 15 is 0 Å². The number of primary amides is 1. The third-order valence-corrected chi connectivity index (χ3v) is 2.68. The first-order valence-electron chi connectivity index (χ1n) is 6.56. The minimum absolute atomic E-state index is 0.155. The van der Waals surface area contributed by atoms with E-state index in [0.29, 0.717) is 5.69 Å². The van der Waals surface area contributed by atoms with Gasteiger partial charge in [-0.3, -0.25) is 9.59 Å². The summed E-state index contributed by atoms with van der Waals surface area (Å²) >= 11 is 0. The van der Waals surface area contributed by atoms with Crippen LogP contribution < -0.4 is 11.1 Å². The average Bonchev–Trinajstić information content (AvgIpc) is 2.83. The molecule has 0 saturated heterocycles. The predicted molar refractivity (Wildman–Crippen MR) is 79.3 cm³/mol. The molecule has 1 aromatic carbocycles. The highest BCUT2D eigenvalue weighted by Gasteiger charge is 2.21. The number of carbonyl (C=O) groups excluding carboxylic acids is 2. The largest absolute Gasteiger partial charge is 0.364 e. The smallest absolute Gasteiger partial charge is 0.272 e. The fourth-order valence-corrected chi connectivity index (χ4v) is 1.84. The fraction of sp³-hybridized carbons (Fsp3) is 0.267. The Balaban J connectivity index is 2.43. The maximum Gasteiger partial charge on any atom is 0.272 e. The summed E-state index contributed by atoms with van der Waals surface area (Å²) in [4.78, 5) is 23.7. The van der Waals surface area contributed by atoms with Crippen molar-refractivity contribution in [3.63, 3.8) is 0 Å². The molecule has 0 unspecified atom stereocenters. The van der Waals surface area contributed by atoms with E-state index in [1.807, 2.05) is 39.0 Å². The van der Waals surface area contributed by atoms with Crippen LogP contribution in [0.1, 0.15) is 41.7 Å². The Bertz CT molecular complexity index is 669. The standard InChI is InChI=1S/C15H18N4O2/c1-15(2,3)17-14(21)11-9-12(13(16)20)19(18-11)10-7-5-4-6-8-10/h4-9H,1-3H3,(H2,16,20)(H,17,21). The van der Waals surface area contributed by atoms with E-state index in [4.69, 9.17) is 5.73 Å². The van der Waals surface area contributed by atoms with Crippen LogP contribution in [-0.2, 0) is 0 Å². The third-order valence-electron chi connectivity index (χ3n) is 2.68. The second-order valence-electron chi connectivity index (χ2n) is 5.73. The number of amides is 2. The Morgan fingerprint density at radius 2 is 1.81 bits per heavy atom. The van der Waals surface area contributed by atoms with Gasteiger partial charge in [-0.15, -0.1) is 0 Å². The minimum Gasteiger partial charge on any atom is -0.364 e. The Morgan fingerprint density at radius 1 is 1.19 bits per heavy atom. The number of rotatable bonds is 3. The van der Waals surface area contributed by atoms with Gasteiger partial charge in [0.25, 0.3) is 11.8 Å². The van der Waals surface area contributed by atoms with E-state index in [1.165, 1.54) is 10.7 Å².